The lowest BCUT2D eigenvalue weighted by Crippen LogP contribution is -2.35. The molecule has 1 saturated heterocycles. The first-order chi connectivity index (χ1) is 6.06. The molecule has 1 fully saturated rings. The molecule has 3 heteroatoms. The van der Waals surface area contributed by atoms with Crippen LogP contribution < -0.4 is 0 Å². The summed E-state index contributed by atoms with van der Waals surface area (Å²) in [5, 5.41) is 8.78. The Morgan fingerprint density at radius 2 is 2.31 bits per heavy atom. The quantitative estimate of drug-likeness (QED) is 0.644. The van der Waals surface area contributed by atoms with Gasteiger partial charge < -0.3 is 4.90 Å². The molecule has 1 aliphatic heterocycles. The van der Waals surface area contributed by atoms with Crippen LogP contribution in [-0.2, 0) is 4.79 Å². The van der Waals surface area contributed by atoms with Crippen molar-refractivity contribution >= 4 is 5.91 Å². The molecule has 0 radical (unpaired) electrons. The molecular formula is C10H16N2O. The molecule has 0 aliphatic carbocycles. The molecule has 2 unspecified atom stereocenters. The largest absolute Gasteiger partial charge is 0.338 e. The van der Waals surface area contributed by atoms with Gasteiger partial charge in [-0.25, -0.2) is 0 Å². The van der Waals surface area contributed by atoms with Crippen LogP contribution in [0.3, 0.4) is 0 Å². The van der Waals surface area contributed by atoms with E-state index < -0.39 is 0 Å². The second kappa shape index (κ2) is 3.78. The van der Waals surface area contributed by atoms with Crippen LogP contribution in [0.4, 0.5) is 0 Å². The van der Waals surface area contributed by atoms with Crippen molar-refractivity contribution in [2.45, 2.75) is 33.2 Å². The number of carbonyl (C=O) groups excluding carboxylic acids is 1. The molecule has 2 atom stereocenters. The minimum absolute atomic E-state index is 0.0971. The molecular weight excluding hydrogens is 164 g/mol. The number of rotatable bonds is 2. The van der Waals surface area contributed by atoms with Gasteiger partial charge in [-0.3, -0.25) is 4.79 Å². The van der Waals surface area contributed by atoms with Crippen LogP contribution in [0.5, 0.6) is 0 Å². The number of likely N-dealkylation sites (tertiary alicyclic amines) is 1. The highest BCUT2D eigenvalue weighted by Gasteiger charge is 2.36. The van der Waals surface area contributed by atoms with Crippen molar-refractivity contribution in [3.05, 3.63) is 0 Å². The summed E-state index contributed by atoms with van der Waals surface area (Å²) in [6, 6.07) is 2.28. The third-order valence-electron chi connectivity index (χ3n) is 2.52. The van der Waals surface area contributed by atoms with Crippen LogP contribution >= 0.6 is 0 Å². The van der Waals surface area contributed by atoms with Crippen LogP contribution in [0, 0.1) is 23.2 Å². The highest BCUT2D eigenvalue weighted by Crippen LogP contribution is 2.25. The Kier molecular flexibility index (Phi) is 2.92. The van der Waals surface area contributed by atoms with E-state index in [-0.39, 0.29) is 17.9 Å². The van der Waals surface area contributed by atoms with Crippen LogP contribution in [0.2, 0.25) is 0 Å². The topological polar surface area (TPSA) is 44.1 Å². The molecule has 1 heterocycles. The fourth-order valence-electron chi connectivity index (χ4n) is 1.74. The van der Waals surface area contributed by atoms with Crippen LogP contribution in [0.1, 0.15) is 27.2 Å². The molecule has 1 aliphatic rings. The molecule has 1 amide bonds. The van der Waals surface area contributed by atoms with E-state index in [2.05, 4.69) is 19.9 Å². The lowest BCUT2D eigenvalue weighted by Gasteiger charge is -2.24. The van der Waals surface area contributed by atoms with E-state index >= 15 is 0 Å². The Bertz CT molecular complexity index is 242. The minimum Gasteiger partial charge on any atom is -0.338 e. The lowest BCUT2D eigenvalue weighted by atomic mass is 10.0. The zero-order chi connectivity index (χ0) is 10.0. The summed E-state index contributed by atoms with van der Waals surface area (Å²) >= 11 is 0. The van der Waals surface area contributed by atoms with Gasteiger partial charge in [-0.1, -0.05) is 13.8 Å². The first kappa shape index (κ1) is 10.0. The van der Waals surface area contributed by atoms with E-state index in [1.165, 1.54) is 0 Å². The maximum atomic E-state index is 11.5. The van der Waals surface area contributed by atoms with Gasteiger partial charge >= 0.3 is 0 Å². The SMILES string of the molecule is CC(C)CN1C(=O)CC(C#N)C1C. The Balaban J connectivity index is 2.66. The van der Waals surface area contributed by atoms with E-state index in [1.807, 2.05) is 11.8 Å². The van der Waals surface area contributed by atoms with E-state index in [0.717, 1.165) is 6.54 Å². The van der Waals surface area contributed by atoms with Crippen molar-refractivity contribution in [1.82, 2.24) is 4.90 Å². The van der Waals surface area contributed by atoms with E-state index in [0.29, 0.717) is 12.3 Å². The number of nitrogens with zero attached hydrogens (tertiary/aromatic N) is 2. The third-order valence-corrected chi connectivity index (χ3v) is 2.52. The second-order valence-corrected chi connectivity index (χ2v) is 4.12. The summed E-state index contributed by atoms with van der Waals surface area (Å²) in [6.07, 6.45) is 0.407. The van der Waals surface area contributed by atoms with Crippen LogP contribution in [0.25, 0.3) is 0 Å². The third kappa shape index (κ3) is 2.00. The Morgan fingerprint density at radius 1 is 1.69 bits per heavy atom. The summed E-state index contributed by atoms with van der Waals surface area (Å²) in [4.78, 5) is 13.3. The summed E-state index contributed by atoms with van der Waals surface area (Å²) in [7, 11) is 0. The van der Waals surface area contributed by atoms with Gasteiger partial charge in [0.25, 0.3) is 0 Å². The van der Waals surface area contributed by atoms with E-state index in [1.54, 1.807) is 0 Å². The predicted molar refractivity (Wildman–Crippen MR) is 49.7 cm³/mol. The summed E-state index contributed by atoms with van der Waals surface area (Å²) in [5.41, 5.74) is 0. The monoisotopic (exact) mass is 180 g/mol. The van der Waals surface area contributed by atoms with Gasteiger partial charge in [0, 0.05) is 19.0 Å². The summed E-state index contributed by atoms with van der Waals surface area (Å²) < 4.78 is 0. The Hall–Kier alpha value is -1.04. The molecule has 0 bridgehead atoms. The van der Waals surface area contributed by atoms with Crippen molar-refractivity contribution in [2.24, 2.45) is 11.8 Å². The number of nitriles is 1. The number of amides is 1. The van der Waals surface area contributed by atoms with Crippen molar-refractivity contribution in [3.63, 3.8) is 0 Å². The Labute approximate surface area is 79.3 Å². The first-order valence-electron chi connectivity index (χ1n) is 4.75. The second-order valence-electron chi connectivity index (χ2n) is 4.12. The van der Waals surface area contributed by atoms with Gasteiger partial charge in [-0.05, 0) is 12.8 Å². The highest BCUT2D eigenvalue weighted by atomic mass is 16.2. The van der Waals surface area contributed by atoms with E-state index in [9.17, 15) is 4.79 Å². The van der Waals surface area contributed by atoms with Crippen molar-refractivity contribution in [3.8, 4) is 6.07 Å². The predicted octanol–water partition coefficient (Wildman–Crippen LogP) is 1.40. The number of hydrogen-bond acceptors (Lipinski definition) is 2. The van der Waals surface area contributed by atoms with Crippen molar-refractivity contribution in [2.75, 3.05) is 6.54 Å². The van der Waals surface area contributed by atoms with Gasteiger partial charge in [0.2, 0.25) is 5.91 Å². The van der Waals surface area contributed by atoms with Crippen LogP contribution in [0.15, 0.2) is 0 Å². The van der Waals surface area contributed by atoms with Crippen molar-refractivity contribution in [1.29, 1.82) is 5.26 Å². The molecule has 0 aromatic rings. The fraction of sp³-hybridized carbons (Fsp3) is 0.800. The number of carbonyl (C=O) groups is 1. The normalized spacial score (nSPS) is 28.2. The average molecular weight is 180 g/mol. The minimum atomic E-state index is -0.105. The first-order valence-corrected chi connectivity index (χ1v) is 4.75. The van der Waals surface area contributed by atoms with E-state index in [4.69, 9.17) is 5.26 Å². The average Bonchev–Trinajstić information content (AvgIpc) is 2.31. The molecule has 3 nitrogen and oxygen atoms in total. The summed E-state index contributed by atoms with van der Waals surface area (Å²) in [5.74, 6) is 0.503. The number of hydrogen-bond donors (Lipinski definition) is 0. The molecule has 13 heavy (non-hydrogen) atoms. The molecule has 1 rings (SSSR count). The molecule has 0 saturated carbocycles. The van der Waals surface area contributed by atoms with Gasteiger partial charge in [-0.2, -0.15) is 5.26 Å². The molecule has 72 valence electrons. The summed E-state index contributed by atoms with van der Waals surface area (Å²) in [6.45, 7) is 6.90. The maximum Gasteiger partial charge on any atom is 0.224 e. The molecule has 0 spiro atoms. The highest BCUT2D eigenvalue weighted by molar-refractivity contribution is 5.79. The lowest BCUT2D eigenvalue weighted by molar-refractivity contribution is -0.129. The molecule has 0 aromatic heterocycles. The zero-order valence-electron chi connectivity index (χ0n) is 8.45. The Morgan fingerprint density at radius 3 is 2.69 bits per heavy atom. The maximum absolute atomic E-state index is 11.5. The van der Waals surface area contributed by atoms with Crippen LogP contribution in [-0.4, -0.2) is 23.4 Å². The van der Waals surface area contributed by atoms with Gasteiger partial charge in [0.15, 0.2) is 0 Å². The van der Waals surface area contributed by atoms with Gasteiger partial charge in [-0.15, -0.1) is 0 Å². The zero-order valence-corrected chi connectivity index (χ0v) is 8.45. The smallest absolute Gasteiger partial charge is 0.224 e. The molecule has 0 N–H and O–H groups in total. The van der Waals surface area contributed by atoms with Gasteiger partial charge in [0.05, 0.1) is 12.0 Å². The standard InChI is InChI=1S/C10H16N2O/c1-7(2)6-12-8(3)9(5-11)4-10(12)13/h7-9H,4,6H2,1-3H3. The van der Waals surface area contributed by atoms with Gasteiger partial charge in [0.1, 0.15) is 0 Å². The molecule has 0 aromatic carbocycles. The van der Waals surface area contributed by atoms with Crippen molar-refractivity contribution < 1.29 is 4.79 Å². The fourth-order valence-corrected chi connectivity index (χ4v) is 1.74.